The van der Waals surface area contributed by atoms with E-state index in [9.17, 15) is 0 Å². The van der Waals surface area contributed by atoms with E-state index in [2.05, 4.69) is 39.9 Å². The molecule has 1 heterocycles. The fraction of sp³-hybridized carbons (Fsp3) is 1.00. The maximum atomic E-state index is 5.74. The SMILES string of the molecule is CCC(C)C(C)NC1CC(C)OC(C)C1. The molecule has 1 N–H and O–H groups in total. The molecule has 1 aliphatic rings. The van der Waals surface area contributed by atoms with E-state index in [0.29, 0.717) is 24.3 Å². The average Bonchev–Trinajstić information content (AvgIpc) is 2.14. The fourth-order valence-electron chi connectivity index (χ4n) is 2.43. The molecule has 0 aromatic rings. The molecule has 0 aromatic heterocycles. The van der Waals surface area contributed by atoms with Gasteiger partial charge in [0.2, 0.25) is 0 Å². The molecule has 1 aliphatic heterocycles. The number of nitrogens with one attached hydrogen (secondary N) is 1. The van der Waals surface area contributed by atoms with Gasteiger partial charge in [-0.2, -0.15) is 0 Å². The summed E-state index contributed by atoms with van der Waals surface area (Å²) < 4.78 is 5.74. The molecule has 1 rings (SSSR count). The standard InChI is InChI=1S/C13H27NO/c1-6-9(2)12(5)14-13-7-10(3)15-11(4)8-13/h9-14H,6-8H2,1-5H3. The van der Waals surface area contributed by atoms with Crippen molar-refractivity contribution in [2.45, 2.75) is 78.2 Å². The first-order valence-corrected chi connectivity index (χ1v) is 6.44. The van der Waals surface area contributed by atoms with E-state index in [1.54, 1.807) is 0 Å². The molecule has 90 valence electrons. The van der Waals surface area contributed by atoms with Gasteiger partial charge in [-0.3, -0.25) is 0 Å². The van der Waals surface area contributed by atoms with Gasteiger partial charge >= 0.3 is 0 Å². The molecule has 0 spiro atoms. The van der Waals surface area contributed by atoms with Gasteiger partial charge in [-0.15, -0.1) is 0 Å². The molecule has 0 aromatic carbocycles. The lowest BCUT2D eigenvalue weighted by Crippen LogP contribution is -2.46. The lowest BCUT2D eigenvalue weighted by molar-refractivity contribution is -0.0441. The minimum Gasteiger partial charge on any atom is -0.375 e. The molecule has 4 atom stereocenters. The summed E-state index contributed by atoms with van der Waals surface area (Å²) in [7, 11) is 0. The molecular weight excluding hydrogens is 186 g/mol. The number of hydrogen-bond donors (Lipinski definition) is 1. The third-order valence-corrected chi connectivity index (χ3v) is 3.69. The van der Waals surface area contributed by atoms with E-state index in [4.69, 9.17) is 4.74 Å². The van der Waals surface area contributed by atoms with Crippen LogP contribution in [0.3, 0.4) is 0 Å². The number of rotatable bonds is 4. The van der Waals surface area contributed by atoms with Crippen molar-refractivity contribution < 1.29 is 4.74 Å². The minimum atomic E-state index is 0.412. The molecule has 0 radical (unpaired) electrons. The smallest absolute Gasteiger partial charge is 0.0565 e. The van der Waals surface area contributed by atoms with Crippen molar-refractivity contribution in [1.29, 1.82) is 0 Å². The zero-order chi connectivity index (χ0) is 11.4. The van der Waals surface area contributed by atoms with Crippen molar-refractivity contribution in [3.05, 3.63) is 0 Å². The summed E-state index contributed by atoms with van der Waals surface area (Å²) in [5.41, 5.74) is 0. The van der Waals surface area contributed by atoms with Gasteiger partial charge in [0.1, 0.15) is 0 Å². The van der Waals surface area contributed by atoms with Gasteiger partial charge in [-0.1, -0.05) is 20.3 Å². The Bertz CT molecular complexity index is 173. The van der Waals surface area contributed by atoms with Crippen LogP contribution in [0.4, 0.5) is 0 Å². The van der Waals surface area contributed by atoms with Gasteiger partial charge < -0.3 is 10.1 Å². The highest BCUT2D eigenvalue weighted by Crippen LogP contribution is 2.20. The van der Waals surface area contributed by atoms with E-state index < -0.39 is 0 Å². The Labute approximate surface area is 94.8 Å². The van der Waals surface area contributed by atoms with Crippen LogP contribution in [0.25, 0.3) is 0 Å². The van der Waals surface area contributed by atoms with E-state index in [1.807, 2.05) is 0 Å². The first kappa shape index (κ1) is 13.0. The third-order valence-electron chi connectivity index (χ3n) is 3.69. The molecule has 0 bridgehead atoms. The van der Waals surface area contributed by atoms with Gasteiger partial charge in [0.25, 0.3) is 0 Å². The Hall–Kier alpha value is -0.0800. The van der Waals surface area contributed by atoms with Gasteiger partial charge in [0, 0.05) is 12.1 Å². The molecule has 0 amide bonds. The van der Waals surface area contributed by atoms with Crippen molar-refractivity contribution >= 4 is 0 Å². The van der Waals surface area contributed by atoms with E-state index in [1.165, 1.54) is 6.42 Å². The Morgan fingerprint density at radius 2 is 1.73 bits per heavy atom. The second-order valence-corrected chi connectivity index (χ2v) is 5.27. The monoisotopic (exact) mass is 213 g/mol. The summed E-state index contributed by atoms with van der Waals surface area (Å²) in [4.78, 5) is 0. The zero-order valence-electron chi connectivity index (χ0n) is 10.9. The predicted molar refractivity (Wildman–Crippen MR) is 65.1 cm³/mol. The summed E-state index contributed by atoms with van der Waals surface area (Å²) in [6.45, 7) is 11.2. The number of ether oxygens (including phenoxy) is 1. The van der Waals surface area contributed by atoms with E-state index >= 15 is 0 Å². The highest BCUT2D eigenvalue weighted by atomic mass is 16.5. The maximum absolute atomic E-state index is 5.74. The van der Waals surface area contributed by atoms with Crippen molar-refractivity contribution in [2.75, 3.05) is 0 Å². The topological polar surface area (TPSA) is 21.3 Å². The van der Waals surface area contributed by atoms with Crippen molar-refractivity contribution in [1.82, 2.24) is 5.32 Å². The summed E-state index contributed by atoms with van der Waals surface area (Å²) in [6.07, 6.45) is 4.39. The molecule has 15 heavy (non-hydrogen) atoms. The quantitative estimate of drug-likeness (QED) is 0.775. The first-order chi connectivity index (χ1) is 7.02. The Kier molecular flexibility index (Phi) is 5.07. The number of hydrogen-bond acceptors (Lipinski definition) is 2. The maximum Gasteiger partial charge on any atom is 0.0565 e. The summed E-state index contributed by atoms with van der Waals surface area (Å²) >= 11 is 0. The van der Waals surface area contributed by atoms with Crippen LogP contribution in [-0.2, 0) is 4.74 Å². The second kappa shape index (κ2) is 5.86. The highest BCUT2D eigenvalue weighted by Gasteiger charge is 2.25. The van der Waals surface area contributed by atoms with Crippen LogP contribution in [-0.4, -0.2) is 24.3 Å². The van der Waals surface area contributed by atoms with Crippen molar-refractivity contribution in [3.63, 3.8) is 0 Å². The van der Waals surface area contributed by atoms with Crippen LogP contribution in [0.15, 0.2) is 0 Å². The lowest BCUT2D eigenvalue weighted by Gasteiger charge is -2.35. The van der Waals surface area contributed by atoms with Crippen molar-refractivity contribution in [3.8, 4) is 0 Å². The van der Waals surface area contributed by atoms with Crippen LogP contribution in [0.2, 0.25) is 0 Å². The van der Waals surface area contributed by atoms with Crippen LogP contribution in [0, 0.1) is 5.92 Å². The minimum absolute atomic E-state index is 0.412. The average molecular weight is 213 g/mol. The fourth-order valence-corrected chi connectivity index (χ4v) is 2.43. The van der Waals surface area contributed by atoms with Gasteiger partial charge in [-0.25, -0.2) is 0 Å². The first-order valence-electron chi connectivity index (χ1n) is 6.44. The summed E-state index contributed by atoms with van der Waals surface area (Å²) in [5, 5.41) is 3.75. The third kappa shape index (κ3) is 4.12. The zero-order valence-corrected chi connectivity index (χ0v) is 10.9. The molecule has 0 saturated carbocycles. The molecule has 2 heteroatoms. The normalized spacial score (nSPS) is 36.2. The van der Waals surface area contributed by atoms with Crippen LogP contribution in [0.1, 0.15) is 53.9 Å². The highest BCUT2D eigenvalue weighted by molar-refractivity contribution is 4.81. The Morgan fingerprint density at radius 3 is 2.20 bits per heavy atom. The van der Waals surface area contributed by atoms with Crippen LogP contribution in [0.5, 0.6) is 0 Å². The van der Waals surface area contributed by atoms with Gasteiger partial charge in [0.05, 0.1) is 12.2 Å². The van der Waals surface area contributed by atoms with E-state index in [-0.39, 0.29) is 0 Å². The summed E-state index contributed by atoms with van der Waals surface area (Å²) in [6, 6.07) is 1.27. The molecule has 4 unspecified atom stereocenters. The van der Waals surface area contributed by atoms with Crippen molar-refractivity contribution in [2.24, 2.45) is 5.92 Å². The van der Waals surface area contributed by atoms with E-state index in [0.717, 1.165) is 18.8 Å². The van der Waals surface area contributed by atoms with Gasteiger partial charge in [0.15, 0.2) is 0 Å². The van der Waals surface area contributed by atoms with Crippen LogP contribution < -0.4 is 5.32 Å². The Balaban J connectivity index is 2.37. The predicted octanol–water partition coefficient (Wildman–Crippen LogP) is 2.97. The lowest BCUT2D eigenvalue weighted by atomic mass is 9.95. The molecule has 1 fully saturated rings. The molecule has 1 saturated heterocycles. The van der Waals surface area contributed by atoms with Crippen LogP contribution >= 0.6 is 0 Å². The largest absolute Gasteiger partial charge is 0.375 e. The van der Waals surface area contributed by atoms with Gasteiger partial charge in [-0.05, 0) is 39.5 Å². The molecular formula is C13H27NO. The Morgan fingerprint density at radius 1 is 1.20 bits per heavy atom. The molecule has 0 aliphatic carbocycles. The summed E-state index contributed by atoms with van der Waals surface area (Å²) in [5.74, 6) is 0.762. The second-order valence-electron chi connectivity index (χ2n) is 5.27. The molecule has 2 nitrogen and oxygen atoms in total.